The molecule has 0 rings (SSSR count). The average Bonchev–Trinajstić information content (AvgIpc) is 1.68. The van der Waals surface area contributed by atoms with Gasteiger partial charge in [0.15, 0.2) is 0 Å². The molecule has 0 saturated carbocycles. The van der Waals surface area contributed by atoms with Crippen molar-refractivity contribution in [3.63, 3.8) is 0 Å². The Bertz CT molecular complexity index is 41.3. The Morgan fingerprint density at radius 3 is 1.88 bits per heavy atom. The summed E-state index contributed by atoms with van der Waals surface area (Å²) in [5.74, 6) is 0. The van der Waals surface area contributed by atoms with Crippen LogP contribution in [0, 0.1) is 0 Å². The van der Waals surface area contributed by atoms with Crippen LogP contribution in [-0.2, 0) is 0 Å². The summed E-state index contributed by atoms with van der Waals surface area (Å²) < 4.78 is 0.644. The first-order chi connectivity index (χ1) is 3.81. The zero-order valence-corrected chi connectivity index (χ0v) is 8.12. The van der Waals surface area contributed by atoms with E-state index < -0.39 is 0 Å². The topological polar surface area (TPSA) is 0 Å². The lowest BCUT2D eigenvalue weighted by atomic mass is 11.0. The number of hydrogen-bond acceptors (Lipinski definition) is 4. The van der Waals surface area contributed by atoms with Crippen molar-refractivity contribution in [3.8, 4) is 0 Å². The van der Waals surface area contributed by atoms with Crippen LogP contribution in [0.5, 0.6) is 0 Å². The van der Waals surface area contributed by atoms with E-state index in [4.69, 9.17) is 0 Å². The highest BCUT2D eigenvalue weighted by molar-refractivity contribution is 8.23. The van der Waals surface area contributed by atoms with Gasteiger partial charge in [-0.1, -0.05) is 0 Å². The maximum absolute atomic E-state index is 4.08. The van der Waals surface area contributed by atoms with Crippen LogP contribution in [0.4, 0.5) is 0 Å². The van der Waals surface area contributed by atoms with Crippen LogP contribution in [0.2, 0.25) is 0 Å². The molecule has 50 valence electrons. The van der Waals surface area contributed by atoms with Gasteiger partial charge in [-0.05, 0) is 6.92 Å². The van der Waals surface area contributed by atoms with Crippen molar-refractivity contribution in [1.29, 1.82) is 0 Å². The molecule has 8 heavy (non-hydrogen) atoms. The summed E-state index contributed by atoms with van der Waals surface area (Å²) in [6.45, 7) is 2.17. The zero-order valence-electron chi connectivity index (χ0n) is 4.70. The van der Waals surface area contributed by atoms with Gasteiger partial charge in [-0.25, -0.2) is 0 Å². The molecule has 0 spiro atoms. The normalized spacial score (nSPS) is 10.5. The first kappa shape index (κ1) is 9.40. The lowest BCUT2D eigenvalue weighted by Gasteiger charge is -2.04. The quantitative estimate of drug-likeness (QED) is 0.511. The molecule has 0 fully saturated rings. The molecule has 0 atom stereocenters. The van der Waals surface area contributed by atoms with Gasteiger partial charge in [0.25, 0.3) is 0 Å². The van der Waals surface area contributed by atoms with E-state index in [2.05, 4.69) is 32.2 Å². The second-order valence-electron chi connectivity index (χ2n) is 1.16. The van der Waals surface area contributed by atoms with E-state index in [0.717, 1.165) is 10.2 Å². The molecule has 0 aliphatic heterocycles. The number of rotatable bonds is 4. The van der Waals surface area contributed by atoms with Crippen LogP contribution >= 0.6 is 48.8 Å². The predicted octanol–water partition coefficient (Wildman–Crippen LogP) is 2.57. The minimum absolute atomic E-state index is 0.644. The average molecular weight is 186 g/mol. The fourth-order valence-electron chi connectivity index (χ4n) is 0.258. The Balaban J connectivity index is 2.92. The predicted molar refractivity (Wildman–Crippen MR) is 52.4 cm³/mol. The van der Waals surface area contributed by atoms with Crippen molar-refractivity contribution >= 4 is 48.8 Å². The molecule has 4 heteroatoms. The Hall–Kier alpha value is 1.40. The van der Waals surface area contributed by atoms with Crippen molar-refractivity contribution in [1.82, 2.24) is 0 Å². The van der Waals surface area contributed by atoms with Crippen molar-refractivity contribution < 1.29 is 0 Å². The molecule has 0 aromatic carbocycles. The molecule has 0 nitrogen and oxygen atoms in total. The smallest absolute Gasteiger partial charge is 0.0490 e. The highest BCUT2D eigenvalue weighted by Crippen LogP contribution is 2.23. The lowest BCUT2D eigenvalue weighted by molar-refractivity contribution is 1.43. The summed E-state index contributed by atoms with van der Waals surface area (Å²) in [5.41, 5.74) is 0. The summed E-state index contributed by atoms with van der Waals surface area (Å²) in [5, 5.41) is 1.81. The first-order valence-corrected chi connectivity index (χ1v) is 5.62. The number of thioether (sulfide) groups is 2. The molecule has 0 bridgehead atoms. The highest BCUT2D eigenvalue weighted by Gasteiger charge is 1.97. The molecule has 0 aromatic heterocycles. The van der Waals surface area contributed by atoms with E-state index in [1.54, 1.807) is 0 Å². The van der Waals surface area contributed by atoms with E-state index in [0.29, 0.717) is 4.58 Å². The van der Waals surface area contributed by atoms with E-state index >= 15 is 0 Å². The SMILES string of the molecule is CC(SCS)SCS. The van der Waals surface area contributed by atoms with Gasteiger partial charge in [-0.2, -0.15) is 25.3 Å². The van der Waals surface area contributed by atoms with E-state index in [1.165, 1.54) is 0 Å². The molecule has 0 radical (unpaired) electrons. The molecular formula is C4H10S4. The molecular weight excluding hydrogens is 176 g/mol. The largest absolute Gasteiger partial charge is 0.168 e. The van der Waals surface area contributed by atoms with Crippen molar-refractivity contribution in [2.75, 3.05) is 10.2 Å². The van der Waals surface area contributed by atoms with Crippen LogP contribution in [0.3, 0.4) is 0 Å². The van der Waals surface area contributed by atoms with Gasteiger partial charge in [0.2, 0.25) is 0 Å². The molecule has 0 unspecified atom stereocenters. The van der Waals surface area contributed by atoms with Crippen LogP contribution in [0.25, 0.3) is 0 Å². The van der Waals surface area contributed by atoms with Gasteiger partial charge in [0.05, 0.1) is 0 Å². The number of hydrogen-bond donors (Lipinski definition) is 2. The van der Waals surface area contributed by atoms with Gasteiger partial charge < -0.3 is 0 Å². The van der Waals surface area contributed by atoms with Crippen LogP contribution in [0.15, 0.2) is 0 Å². The summed E-state index contributed by atoms with van der Waals surface area (Å²) in [7, 11) is 0. The zero-order chi connectivity index (χ0) is 6.41. The molecule has 0 heterocycles. The Morgan fingerprint density at radius 1 is 1.25 bits per heavy atom. The van der Waals surface area contributed by atoms with Gasteiger partial charge >= 0.3 is 0 Å². The molecule has 0 amide bonds. The third kappa shape index (κ3) is 5.54. The molecule has 0 aliphatic carbocycles. The summed E-state index contributed by atoms with van der Waals surface area (Å²) in [6.07, 6.45) is 0. The van der Waals surface area contributed by atoms with Crippen molar-refractivity contribution in [3.05, 3.63) is 0 Å². The first-order valence-electron chi connectivity index (χ1n) is 2.26. The maximum atomic E-state index is 4.08. The number of thiol groups is 2. The molecule has 0 N–H and O–H groups in total. The summed E-state index contributed by atoms with van der Waals surface area (Å²) in [6, 6.07) is 0. The van der Waals surface area contributed by atoms with Gasteiger partial charge in [-0.3, -0.25) is 0 Å². The molecule has 0 aromatic rings. The Kier molecular flexibility index (Phi) is 7.66. The van der Waals surface area contributed by atoms with Crippen molar-refractivity contribution in [2.24, 2.45) is 0 Å². The Labute approximate surface area is 70.4 Å². The van der Waals surface area contributed by atoms with Crippen LogP contribution in [0.1, 0.15) is 6.92 Å². The maximum Gasteiger partial charge on any atom is 0.0490 e. The second kappa shape index (κ2) is 6.52. The van der Waals surface area contributed by atoms with E-state index in [1.807, 2.05) is 23.5 Å². The minimum atomic E-state index is 0.644. The molecule has 0 saturated heterocycles. The van der Waals surface area contributed by atoms with Gasteiger partial charge in [0.1, 0.15) is 0 Å². The third-order valence-electron chi connectivity index (χ3n) is 0.618. The monoisotopic (exact) mass is 186 g/mol. The van der Waals surface area contributed by atoms with Crippen LogP contribution in [-0.4, -0.2) is 14.8 Å². The summed E-state index contributed by atoms with van der Waals surface area (Å²) in [4.78, 5) is 0. The van der Waals surface area contributed by atoms with E-state index in [9.17, 15) is 0 Å². The standard InChI is InChI=1S/C4H10S4/c1-4(7-2-5)8-3-6/h4-6H,2-3H2,1H3. The van der Waals surface area contributed by atoms with Gasteiger partial charge in [0, 0.05) is 14.8 Å². The van der Waals surface area contributed by atoms with Crippen molar-refractivity contribution in [2.45, 2.75) is 11.5 Å². The fourth-order valence-corrected chi connectivity index (χ4v) is 3.42. The van der Waals surface area contributed by atoms with Gasteiger partial charge in [-0.15, -0.1) is 23.5 Å². The van der Waals surface area contributed by atoms with E-state index in [-0.39, 0.29) is 0 Å². The Morgan fingerprint density at radius 2 is 1.62 bits per heavy atom. The summed E-state index contributed by atoms with van der Waals surface area (Å²) >= 11 is 11.8. The molecule has 0 aliphatic rings. The highest BCUT2D eigenvalue weighted by atomic mass is 32.2. The fraction of sp³-hybridized carbons (Fsp3) is 1.00. The lowest BCUT2D eigenvalue weighted by Crippen LogP contribution is -1.86. The third-order valence-corrected chi connectivity index (χ3v) is 3.57. The van der Waals surface area contributed by atoms with Crippen LogP contribution < -0.4 is 0 Å². The minimum Gasteiger partial charge on any atom is -0.168 e. The second-order valence-corrected chi connectivity index (χ2v) is 5.60.